The summed E-state index contributed by atoms with van der Waals surface area (Å²) in [5, 5.41) is 0. The van der Waals surface area contributed by atoms with E-state index < -0.39 is 6.04 Å². The molecule has 0 saturated heterocycles. The summed E-state index contributed by atoms with van der Waals surface area (Å²) in [5.41, 5.74) is 3.33. The quantitative estimate of drug-likeness (QED) is 0.628. The van der Waals surface area contributed by atoms with E-state index in [1.165, 1.54) is 0 Å². The Bertz CT molecular complexity index is 1020. The van der Waals surface area contributed by atoms with Gasteiger partial charge in [-0.25, -0.2) is 9.83 Å². The molecule has 1 aromatic heterocycles. The molecular formula is C21H19ClN4O2. The molecule has 2 heterocycles. The van der Waals surface area contributed by atoms with Gasteiger partial charge in [0.05, 0.1) is 32.2 Å². The van der Waals surface area contributed by atoms with E-state index in [-0.39, 0.29) is 18.3 Å². The highest BCUT2D eigenvalue weighted by Crippen LogP contribution is 2.31. The largest absolute Gasteiger partial charge is 0.497 e. The van der Waals surface area contributed by atoms with Crippen LogP contribution in [0.25, 0.3) is 4.85 Å². The number of carbonyl (C=O) groups excluding carboxylic acids is 1. The summed E-state index contributed by atoms with van der Waals surface area (Å²) in [4.78, 5) is 22.8. The molecule has 0 fully saturated rings. The number of amides is 1. The summed E-state index contributed by atoms with van der Waals surface area (Å²) < 4.78 is 7.10. The van der Waals surface area contributed by atoms with Gasteiger partial charge in [0.2, 0.25) is 0 Å². The van der Waals surface area contributed by atoms with Gasteiger partial charge in [-0.3, -0.25) is 4.79 Å². The molecule has 2 aromatic carbocycles. The fourth-order valence-electron chi connectivity index (χ4n) is 3.41. The van der Waals surface area contributed by atoms with Crippen LogP contribution in [0.15, 0.2) is 61.1 Å². The summed E-state index contributed by atoms with van der Waals surface area (Å²) in [7, 11) is 1.63. The SMILES string of the molecule is Cl.[C-]#[N+]c1cccc(C2C(=O)N(Cc3ccc(OC)cc3)Cc3cncn32)c1. The van der Waals surface area contributed by atoms with E-state index in [1.807, 2.05) is 45.9 Å². The number of aromatic nitrogens is 2. The molecule has 28 heavy (non-hydrogen) atoms. The number of rotatable bonds is 4. The molecular weight excluding hydrogens is 376 g/mol. The Morgan fingerprint density at radius 2 is 2.04 bits per heavy atom. The van der Waals surface area contributed by atoms with Gasteiger partial charge in [-0.15, -0.1) is 12.4 Å². The zero-order valence-electron chi connectivity index (χ0n) is 15.3. The number of nitrogens with zero attached hydrogens (tertiary/aromatic N) is 4. The highest BCUT2D eigenvalue weighted by atomic mass is 35.5. The number of carbonyl (C=O) groups is 1. The summed E-state index contributed by atoms with van der Waals surface area (Å²) in [5.74, 6) is 0.786. The molecule has 1 atom stereocenters. The second kappa shape index (κ2) is 8.15. The van der Waals surface area contributed by atoms with Crippen LogP contribution < -0.4 is 4.74 Å². The number of imidazole rings is 1. The van der Waals surface area contributed by atoms with Gasteiger partial charge < -0.3 is 14.2 Å². The molecule has 0 bridgehead atoms. The molecule has 0 aliphatic carbocycles. The molecule has 1 unspecified atom stereocenters. The van der Waals surface area contributed by atoms with Gasteiger partial charge >= 0.3 is 0 Å². The number of hydrogen-bond donors (Lipinski definition) is 0. The van der Waals surface area contributed by atoms with E-state index in [4.69, 9.17) is 11.3 Å². The molecule has 1 aliphatic heterocycles. The van der Waals surface area contributed by atoms with E-state index in [2.05, 4.69) is 9.83 Å². The average Bonchev–Trinajstić information content (AvgIpc) is 3.17. The average molecular weight is 395 g/mol. The van der Waals surface area contributed by atoms with Crippen LogP contribution in [0.5, 0.6) is 5.75 Å². The Morgan fingerprint density at radius 3 is 2.75 bits per heavy atom. The third-order valence-electron chi connectivity index (χ3n) is 4.77. The fraction of sp³-hybridized carbons (Fsp3) is 0.190. The maximum Gasteiger partial charge on any atom is 0.250 e. The number of methoxy groups -OCH3 is 1. The van der Waals surface area contributed by atoms with Gasteiger partial charge in [-0.05, 0) is 23.3 Å². The van der Waals surface area contributed by atoms with Crippen molar-refractivity contribution in [2.75, 3.05) is 7.11 Å². The van der Waals surface area contributed by atoms with Crippen LogP contribution in [0.4, 0.5) is 5.69 Å². The second-order valence-corrected chi connectivity index (χ2v) is 6.44. The van der Waals surface area contributed by atoms with Crippen LogP contribution in [-0.2, 0) is 17.9 Å². The summed E-state index contributed by atoms with van der Waals surface area (Å²) >= 11 is 0. The zero-order chi connectivity index (χ0) is 18.8. The van der Waals surface area contributed by atoms with E-state index in [1.54, 1.807) is 31.8 Å². The summed E-state index contributed by atoms with van der Waals surface area (Å²) in [6.07, 6.45) is 3.48. The Kier molecular flexibility index (Phi) is 5.67. The molecule has 0 spiro atoms. The summed E-state index contributed by atoms with van der Waals surface area (Å²) in [6, 6.07) is 14.4. The van der Waals surface area contributed by atoms with Crippen molar-refractivity contribution in [1.29, 1.82) is 0 Å². The Balaban J connectivity index is 0.00000225. The lowest BCUT2D eigenvalue weighted by atomic mass is 10.0. The van der Waals surface area contributed by atoms with Gasteiger partial charge in [0.15, 0.2) is 5.69 Å². The van der Waals surface area contributed by atoms with E-state index >= 15 is 0 Å². The topological polar surface area (TPSA) is 51.7 Å². The maximum atomic E-state index is 13.3. The minimum atomic E-state index is -0.504. The van der Waals surface area contributed by atoms with Gasteiger partial charge in [0, 0.05) is 12.7 Å². The zero-order valence-corrected chi connectivity index (χ0v) is 16.1. The van der Waals surface area contributed by atoms with Crippen LogP contribution >= 0.6 is 12.4 Å². The van der Waals surface area contributed by atoms with Crippen LogP contribution in [-0.4, -0.2) is 27.5 Å². The second-order valence-electron chi connectivity index (χ2n) is 6.44. The van der Waals surface area contributed by atoms with Gasteiger partial charge in [0.25, 0.3) is 5.91 Å². The van der Waals surface area contributed by atoms with Crippen molar-refractivity contribution in [3.63, 3.8) is 0 Å². The van der Waals surface area contributed by atoms with Crippen molar-refractivity contribution in [2.24, 2.45) is 0 Å². The van der Waals surface area contributed by atoms with Gasteiger partial charge in [-0.1, -0.05) is 36.4 Å². The molecule has 1 amide bonds. The number of benzene rings is 2. The van der Waals surface area contributed by atoms with Crippen LogP contribution in [0.1, 0.15) is 22.9 Å². The predicted molar refractivity (Wildman–Crippen MR) is 108 cm³/mol. The Labute approximate surface area is 169 Å². The van der Waals surface area contributed by atoms with Gasteiger partial charge in [-0.2, -0.15) is 0 Å². The third-order valence-corrected chi connectivity index (χ3v) is 4.77. The Hall–Kier alpha value is -3.30. The van der Waals surface area contributed by atoms with Crippen molar-refractivity contribution in [2.45, 2.75) is 19.1 Å². The lowest BCUT2D eigenvalue weighted by molar-refractivity contribution is -0.136. The number of ether oxygens (including phenoxy) is 1. The first kappa shape index (κ1) is 19.5. The van der Waals surface area contributed by atoms with Crippen LogP contribution in [0.2, 0.25) is 0 Å². The molecule has 7 heteroatoms. The monoisotopic (exact) mass is 394 g/mol. The Morgan fingerprint density at radius 1 is 1.25 bits per heavy atom. The normalized spacial score (nSPS) is 15.4. The number of hydrogen-bond acceptors (Lipinski definition) is 3. The van der Waals surface area contributed by atoms with E-state index in [0.717, 1.165) is 22.6 Å². The first-order valence-electron chi connectivity index (χ1n) is 8.59. The van der Waals surface area contributed by atoms with Gasteiger partial charge in [0.1, 0.15) is 11.8 Å². The standard InChI is InChI=1S/C21H18N4O2.ClH/c1-22-17-5-3-4-16(10-17)20-21(26)24(13-18-11-23-14-25(18)20)12-15-6-8-19(27-2)9-7-15;/h3-11,14,20H,12-13H2,2H3;1H. The molecule has 3 aromatic rings. The van der Waals surface area contributed by atoms with E-state index in [0.29, 0.717) is 18.8 Å². The minimum Gasteiger partial charge on any atom is -0.497 e. The third kappa shape index (κ3) is 3.57. The first-order chi connectivity index (χ1) is 13.2. The molecule has 0 saturated carbocycles. The molecule has 0 radical (unpaired) electrons. The highest BCUT2D eigenvalue weighted by Gasteiger charge is 2.34. The van der Waals surface area contributed by atoms with Crippen LogP contribution in [0, 0.1) is 6.57 Å². The maximum absolute atomic E-state index is 13.3. The van der Waals surface area contributed by atoms with Crippen molar-refractivity contribution in [3.05, 3.63) is 89.3 Å². The number of fused-ring (bicyclic) bond motifs is 1. The minimum absolute atomic E-state index is 0. The number of halogens is 1. The summed E-state index contributed by atoms with van der Waals surface area (Å²) in [6.45, 7) is 8.25. The van der Waals surface area contributed by atoms with Crippen molar-refractivity contribution < 1.29 is 9.53 Å². The van der Waals surface area contributed by atoms with Crippen LogP contribution in [0.3, 0.4) is 0 Å². The fourth-order valence-corrected chi connectivity index (χ4v) is 3.41. The molecule has 6 nitrogen and oxygen atoms in total. The molecule has 0 N–H and O–H groups in total. The first-order valence-corrected chi connectivity index (χ1v) is 8.59. The van der Waals surface area contributed by atoms with Crippen molar-refractivity contribution >= 4 is 24.0 Å². The lowest BCUT2D eigenvalue weighted by Gasteiger charge is -2.34. The van der Waals surface area contributed by atoms with Crippen molar-refractivity contribution in [3.8, 4) is 5.75 Å². The lowest BCUT2D eigenvalue weighted by Crippen LogP contribution is -2.42. The molecule has 142 valence electrons. The highest BCUT2D eigenvalue weighted by molar-refractivity contribution is 5.85. The molecule has 4 rings (SSSR count). The van der Waals surface area contributed by atoms with E-state index in [9.17, 15) is 4.79 Å². The predicted octanol–water partition coefficient (Wildman–Crippen LogP) is 4.00. The smallest absolute Gasteiger partial charge is 0.250 e. The van der Waals surface area contributed by atoms with Crippen molar-refractivity contribution in [1.82, 2.24) is 14.5 Å². The molecule has 1 aliphatic rings.